The van der Waals surface area contributed by atoms with Gasteiger partial charge in [-0.3, -0.25) is 0 Å². The normalized spacial score (nSPS) is 10.2. The largest absolute Gasteiger partial charge is 0.396 e. The molecule has 0 bridgehead atoms. The summed E-state index contributed by atoms with van der Waals surface area (Å²) in [6, 6.07) is 1.72. The molecule has 0 radical (unpaired) electrons. The van der Waals surface area contributed by atoms with Crippen molar-refractivity contribution in [1.29, 1.82) is 0 Å². The van der Waals surface area contributed by atoms with Crippen LogP contribution in [0.15, 0.2) is 12.4 Å². The van der Waals surface area contributed by atoms with Crippen molar-refractivity contribution >= 4 is 17.4 Å². The number of anilines is 1. The molecular formula is C9H14ClN3O. The van der Waals surface area contributed by atoms with Gasteiger partial charge in [0.2, 0.25) is 0 Å². The van der Waals surface area contributed by atoms with E-state index in [1.165, 1.54) is 6.33 Å². The SMILES string of the molecule is CCN(CCCO)c1cc(Cl)ncn1. The number of aromatic nitrogens is 2. The third-order valence-corrected chi connectivity index (χ3v) is 2.12. The van der Waals surface area contributed by atoms with Gasteiger partial charge in [0.05, 0.1) is 0 Å². The van der Waals surface area contributed by atoms with Crippen molar-refractivity contribution in [3.63, 3.8) is 0 Å². The number of aliphatic hydroxyl groups is 1. The molecule has 1 N–H and O–H groups in total. The molecule has 1 rings (SSSR count). The highest BCUT2D eigenvalue weighted by Crippen LogP contribution is 2.13. The Morgan fingerprint density at radius 1 is 1.50 bits per heavy atom. The minimum atomic E-state index is 0.190. The highest BCUT2D eigenvalue weighted by molar-refractivity contribution is 6.29. The Labute approximate surface area is 88.6 Å². The van der Waals surface area contributed by atoms with E-state index in [1.54, 1.807) is 6.07 Å². The van der Waals surface area contributed by atoms with Gasteiger partial charge in [0.1, 0.15) is 17.3 Å². The zero-order valence-corrected chi connectivity index (χ0v) is 8.91. The number of halogens is 1. The zero-order chi connectivity index (χ0) is 10.4. The number of hydrogen-bond donors (Lipinski definition) is 1. The third-order valence-electron chi connectivity index (χ3n) is 1.91. The second kappa shape index (κ2) is 5.78. The Hall–Kier alpha value is -0.870. The molecule has 0 unspecified atom stereocenters. The van der Waals surface area contributed by atoms with Gasteiger partial charge in [-0.2, -0.15) is 0 Å². The summed E-state index contributed by atoms with van der Waals surface area (Å²) in [5.74, 6) is 0.806. The summed E-state index contributed by atoms with van der Waals surface area (Å²) in [6.45, 7) is 3.84. The van der Waals surface area contributed by atoms with E-state index in [-0.39, 0.29) is 6.61 Å². The molecule has 14 heavy (non-hydrogen) atoms. The van der Waals surface area contributed by atoms with Gasteiger partial charge in [0.25, 0.3) is 0 Å². The number of nitrogens with zero attached hydrogens (tertiary/aromatic N) is 3. The lowest BCUT2D eigenvalue weighted by Gasteiger charge is -2.20. The lowest BCUT2D eigenvalue weighted by Crippen LogP contribution is -2.25. The van der Waals surface area contributed by atoms with Gasteiger partial charge < -0.3 is 10.0 Å². The molecule has 1 aromatic heterocycles. The van der Waals surface area contributed by atoms with Crippen LogP contribution < -0.4 is 4.90 Å². The molecule has 0 amide bonds. The Kier molecular flexibility index (Phi) is 4.62. The van der Waals surface area contributed by atoms with Crippen LogP contribution in [0.4, 0.5) is 5.82 Å². The highest BCUT2D eigenvalue weighted by Gasteiger charge is 2.05. The number of hydrogen-bond acceptors (Lipinski definition) is 4. The molecule has 1 aromatic rings. The van der Waals surface area contributed by atoms with Gasteiger partial charge in [0, 0.05) is 25.8 Å². The summed E-state index contributed by atoms with van der Waals surface area (Å²) in [5.41, 5.74) is 0. The van der Waals surface area contributed by atoms with Crippen molar-refractivity contribution in [1.82, 2.24) is 9.97 Å². The van der Waals surface area contributed by atoms with Gasteiger partial charge >= 0.3 is 0 Å². The van der Waals surface area contributed by atoms with Crippen LogP contribution in [-0.2, 0) is 0 Å². The van der Waals surface area contributed by atoms with Crippen LogP contribution in [0.3, 0.4) is 0 Å². The van der Waals surface area contributed by atoms with Crippen LogP contribution in [0.25, 0.3) is 0 Å². The quantitative estimate of drug-likeness (QED) is 0.754. The van der Waals surface area contributed by atoms with Gasteiger partial charge in [-0.1, -0.05) is 11.6 Å². The molecule has 0 aliphatic heterocycles. The maximum Gasteiger partial charge on any atom is 0.134 e. The summed E-state index contributed by atoms with van der Waals surface area (Å²) >= 11 is 5.75. The first kappa shape index (κ1) is 11.2. The molecule has 78 valence electrons. The van der Waals surface area contributed by atoms with E-state index in [1.807, 2.05) is 11.8 Å². The number of aliphatic hydroxyl groups excluding tert-OH is 1. The summed E-state index contributed by atoms with van der Waals surface area (Å²) < 4.78 is 0. The zero-order valence-electron chi connectivity index (χ0n) is 8.15. The van der Waals surface area contributed by atoms with E-state index in [0.29, 0.717) is 5.15 Å². The van der Waals surface area contributed by atoms with Crippen molar-refractivity contribution in [2.24, 2.45) is 0 Å². The molecule has 0 spiro atoms. The smallest absolute Gasteiger partial charge is 0.134 e. The van der Waals surface area contributed by atoms with Gasteiger partial charge in [-0.05, 0) is 13.3 Å². The Morgan fingerprint density at radius 2 is 2.29 bits per heavy atom. The van der Waals surface area contributed by atoms with Crippen LogP contribution in [-0.4, -0.2) is 34.8 Å². The maximum absolute atomic E-state index is 8.73. The summed E-state index contributed by atoms with van der Waals surface area (Å²) in [7, 11) is 0. The molecule has 1 heterocycles. The fraction of sp³-hybridized carbons (Fsp3) is 0.556. The van der Waals surface area contributed by atoms with Crippen LogP contribution >= 0.6 is 11.6 Å². The molecule has 0 saturated heterocycles. The first-order valence-electron chi connectivity index (χ1n) is 4.61. The standard InChI is InChI=1S/C9H14ClN3O/c1-2-13(4-3-5-14)9-6-8(10)11-7-12-9/h6-7,14H,2-5H2,1H3. The monoisotopic (exact) mass is 215 g/mol. The Bertz CT molecular complexity index is 283. The molecular weight excluding hydrogens is 202 g/mol. The van der Waals surface area contributed by atoms with E-state index in [9.17, 15) is 0 Å². The van der Waals surface area contributed by atoms with Crippen LogP contribution in [0.5, 0.6) is 0 Å². The lowest BCUT2D eigenvalue weighted by molar-refractivity contribution is 0.289. The predicted octanol–water partition coefficient (Wildman–Crippen LogP) is 1.34. The molecule has 0 aromatic carbocycles. The second-order valence-corrected chi connectivity index (χ2v) is 3.24. The lowest BCUT2D eigenvalue weighted by atomic mass is 10.4. The van der Waals surface area contributed by atoms with Gasteiger partial charge in [0.15, 0.2) is 0 Å². The van der Waals surface area contributed by atoms with Crippen molar-refractivity contribution in [2.75, 3.05) is 24.6 Å². The molecule has 5 heteroatoms. The van der Waals surface area contributed by atoms with E-state index in [2.05, 4.69) is 9.97 Å². The van der Waals surface area contributed by atoms with E-state index in [4.69, 9.17) is 16.7 Å². The first-order chi connectivity index (χ1) is 6.77. The fourth-order valence-electron chi connectivity index (χ4n) is 1.19. The van der Waals surface area contributed by atoms with E-state index in [0.717, 1.165) is 25.3 Å². The molecule has 0 atom stereocenters. The first-order valence-corrected chi connectivity index (χ1v) is 4.99. The van der Waals surface area contributed by atoms with Crippen LogP contribution in [0.1, 0.15) is 13.3 Å². The van der Waals surface area contributed by atoms with E-state index >= 15 is 0 Å². The maximum atomic E-state index is 8.73. The predicted molar refractivity (Wildman–Crippen MR) is 56.6 cm³/mol. The second-order valence-electron chi connectivity index (χ2n) is 2.86. The number of rotatable bonds is 5. The molecule has 0 fully saturated rings. The summed E-state index contributed by atoms with van der Waals surface area (Å²) in [6.07, 6.45) is 2.18. The van der Waals surface area contributed by atoms with Crippen molar-refractivity contribution < 1.29 is 5.11 Å². The molecule has 0 aliphatic carbocycles. The summed E-state index contributed by atoms with van der Waals surface area (Å²) in [4.78, 5) is 9.97. The van der Waals surface area contributed by atoms with Crippen LogP contribution in [0, 0.1) is 0 Å². The van der Waals surface area contributed by atoms with Crippen molar-refractivity contribution in [2.45, 2.75) is 13.3 Å². The topological polar surface area (TPSA) is 49.2 Å². The van der Waals surface area contributed by atoms with Crippen molar-refractivity contribution in [3.05, 3.63) is 17.5 Å². The summed E-state index contributed by atoms with van der Waals surface area (Å²) in [5, 5.41) is 9.17. The van der Waals surface area contributed by atoms with Crippen molar-refractivity contribution in [3.8, 4) is 0 Å². The fourth-order valence-corrected chi connectivity index (χ4v) is 1.33. The average Bonchev–Trinajstić information content (AvgIpc) is 2.19. The molecule has 4 nitrogen and oxygen atoms in total. The highest BCUT2D eigenvalue weighted by atomic mass is 35.5. The third kappa shape index (κ3) is 3.12. The Balaban J connectivity index is 2.68. The van der Waals surface area contributed by atoms with E-state index < -0.39 is 0 Å². The minimum Gasteiger partial charge on any atom is -0.396 e. The van der Waals surface area contributed by atoms with Crippen LogP contribution in [0.2, 0.25) is 5.15 Å². The average molecular weight is 216 g/mol. The van der Waals surface area contributed by atoms with Gasteiger partial charge in [-0.15, -0.1) is 0 Å². The molecule has 0 aliphatic rings. The minimum absolute atomic E-state index is 0.190. The van der Waals surface area contributed by atoms with Gasteiger partial charge in [-0.25, -0.2) is 9.97 Å². The molecule has 0 saturated carbocycles. The Morgan fingerprint density at radius 3 is 2.86 bits per heavy atom.